The number of benzene rings is 2. The molecule has 1 saturated carbocycles. The number of nitrogens with zero attached hydrogens (tertiary/aromatic N) is 2. The number of aliphatic hydroxyl groups is 1. The van der Waals surface area contributed by atoms with Crippen LogP contribution in [0.15, 0.2) is 63.1 Å². The number of aliphatic hydroxyl groups excluding tert-OH is 1. The second-order valence-corrected chi connectivity index (χ2v) is 13.3. The van der Waals surface area contributed by atoms with E-state index in [1.165, 1.54) is 30.3 Å². The Kier molecular flexibility index (Phi) is 6.80. The Labute approximate surface area is 221 Å². The van der Waals surface area contributed by atoms with Gasteiger partial charge in [0, 0.05) is 30.6 Å². The van der Waals surface area contributed by atoms with Crippen LogP contribution in [-0.2, 0) is 37.8 Å². The minimum atomic E-state index is -4.29. The fourth-order valence-electron chi connectivity index (χ4n) is 5.58. The first kappa shape index (κ1) is 26.4. The van der Waals surface area contributed by atoms with Crippen molar-refractivity contribution < 1.29 is 31.1 Å². The maximum Gasteiger partial charge on any atom is 0.282 e. The fraction of sp³-hybridized carbons (Fsp3) is 0.385. The van der Waals surface area contributed by atoms with Gasteiger partial charge in [0.05, 0.1) is 16.9 Å². The molecule has 202 valence electrons. The van der Waals surface area contributed by atoms with E-state index in [0.29, 0.717) is 18.4 Å². The van der Waals surface area contributed by atoms with E-state index in [4.69, 9.17) is 0 Å². The maximum absolute atomic E-state index is 13.9. The first-order chi connectivity index (χ1) is 17.9. The zero-order chi connectivity index (χ0) is 27.2. The van der Waals surface area contributed by atoms with Gasteiger partial charge in [-0.2, -0.15) is 12.8 Å². The van der Waals surface area contributed by atoms with Crippen LogP contribution in [0.5, 0.6) is 0 Å². The molecule has 2 aromatic rings. The molecule has 0 saturated heterocycles. The van der Waals surface area contributed by atoms with Crippen molar-refractivity contribution >= 4 is 37.4 Å². The molecule has 0 aromatic heterocycles. The molecule has 2 aliphatic heterocycles. The highest BCUT2D eigenvalue weighted by Gasteiger charge is 2.44. The van der Waals surface area contributed by atoms with Gasteiger partial charge in [-0.3, -0.25) is 9.52 Å². The van der Waals surface area contributed by atoms with Gasteiger partial charge in [-0.05, 0) is 48.2 Å². The summed E-state index contributed by atoms with van der Waals surface area (Å²) < 4.78 is 69.2. The van der Waals surface area contributed by atoms with Gasteiger partial charge < -0.3 is 10.0 Å². The van der Waals surface area contributed by atoms with Gasteiger partial charge in [-0.15, -0.1) is 0 Å². The van der Waals surface area contributed by atoms with Crippen molar-refractivity contribution in [3.8, 4) is 0 Å². The lowest BCUT2D eigenvalue weighted by Gasteiger charge is -2.41. The molecule has 2 aromatic carbocycles. The van der Waals surface area contributed by atoms with Crippen molar-refractivity contribution in [2.75, 3.05) is 11.0 Å². The summed E-state index contributed by atoms with van der Waals surface area (Å²) in [5, 5.41) is 11.4. The molecule has 5 rings (SSSR count). The Morgan fingerprint density at radius 3 is 2.53 bits per heavy atom. The van der Waals surface area contributed by atoms with E-state index < -0.39 is 26.0 Å². The van der Waals surface area contributed by atoms with Crippen LogP contribution in [0, 0.1) is 11.7 Å². The monoisotopic (exact) mass is 561 g/mol. The van der Waals surface area contributed by atoms with Crippen LogP contribution in [0.2, 0.25) is 0 Å². The lowest BCUT2D eigenvalue weighted by atomic mass is 9.82. The Bertz CT molecular complexity index is 1570. The number of nitrogens with one attached hydrogen (secondary N) is 1. The molecule has 38 heavy (non-hydrogen) atoms. The van der Waals surface area contributed by atoms with Gasteiger partial charge in [0.1, 0.15) is 17.1 Å². The minimum Gasteiger partial charge on any atom is -0.511 e. The van der Waals surface area contributed by atoms with E-state index in [-0.39, 0.29) is 58.4 Å². The van der Waals surface area contributed by atoms with Crippen LogP contribution < -0.4 is 4.72 Å². The number of carbonyl (C=O) groups excluding carboxylic acids is 1. The molecule has 9 nitrogen and oxygen atoms in total. The Balaban J connectivity index is 1.55. The van der Waals surface area contributed by atoms with Crippen molar-refractivity contribution in [3.63, 3.8) is 0 Å². The quantitative estimate of drug-likeness (QED) is 0.572. The second kappa shape index (κ2) is 9.81. The first-order valence-electron chi connectivity index (χ1n) is 12.4. The number of carbonyl (C=O) groups is 1. The molecule has 0 spiro atoms. The number of amides is 1. The standard InChI is InChI=1S/C26H28FN3O6S2/c1-37(33,34)28-19-12-9-17-13-21(29-38(35,36)23(17)14-19)24-25(31)20-5-3-2-4-6-22(20)30(26(24)32)15-16-7-10-18(27)11-8-16/h7-12,14,20,22,28,31H,2-6,13,15H2,1H3. The SMILES string of the molecule is CS(=O)(=O)Nc1ccc2c(c1)S(=O)(=O)N=C(C1=C(O)C3CCCCCC3N(Cc3ccc(F)cc3)C1=O)C2. The fourth-order valence-corrected chi connectivity index (χ4v) is 7.42. The number of sulfonamides is 2. The molecule has 2 heterocycles. The molecule has 3 aliphatic rings. The van der Waals surface area contributed by atoms with Crippen LogP contribution >= 0.6 is 0 Å². The van der Waals surface area contributed by atoms with E-state index in [9.17, 15) is 31.1 Å². The highest BCUT2D eigenvalue weighted by molar-refractivity contribution is 7.92. The topological polar surface area (TPSA) is 133 Å². The van der Waals surface area contributed by atoms with Crippen molar-refractivity contribution in [3.05, 3.63) is 70.7 Å². The highest BCUT2D eigenvalue weighted by atomic mass is 32.2. The number of fused-ring (bicyclic) bond motifs is 2. The van der Waals surface area contributed by atoms with E-state index in [0.717, 1.165) is 31.1 Å². The zero-order valence-electron chi connectivity index (χ0n) is 20.7. The third kappa shape index (κ3) is 5.19. The van der Waals surface area contributed by atoms with Crippen molar-refractivity contribution in [2.45, 2.75) is 56.0 Å². The van der Waals surface area contributed by atoms with Gasteiger partial charge in [0.15, 0.2) is 0 Å². The summed E-state index contributed by atoms with van der Waals surface area (Å²) in [4.78, 5) is 15.4. The summed E-state index contributed by atoms with van der Waals surface area (Å²) in [6.45, 7) is 0.189. The summed E-state index contributed by atoms with van der Waals surface area (Å²) in [7, 11) is -7.91. The summed E-state index contributed by atoms with van der Waals surface area (Å²) in [6.07, 6.45) is 4.98. The van der Waals surface area contributed by atoms with E-state index in [2.05, 4.69) is 9.12 Å². The number of anilines is 1. The normalized spacial score (nSPS) is 23.3. The smallest absolute Gasteiger partial charge is 0.282 e. The van der Waals surface area contributed by atoms with Crippen molar-refractivity contribution in [1.82, 2.24) is 4.90 Å². The number of hydrogen-bond donors (Lipinski definition) is 2. The molecule has 2 unspecified atom stereocenters. The molecule has 0 radical (unpaired) electrons. The molecule has 1 fully saturated rings. The van der Waals surface area contributed by atoms with Crippen LogP contribution in [0.25, 0.3) is 0 Å². The predicted octanol–water partition coefficient (Wildman–Crippen LogP) is 3.69. The third-order valence-corrected chi connectivity index (χ3v) is 9.26. The van der Waals surface area contributed by atoms with Crippen LogP contribution in [0.3, 0.4) is 0 Å². The average molecular weight is 562 g/mol. The number of rotatable bonds is 5. The van der Waals surface area contributed by atoms with Crippen LogP contribution in [0.1, 0.15) is 43.2 Å². The predicted molar refractivity (Wildman–Crippen MR) is 140 cm³/mol. The third-order valence-electron chi connectivity index (χ3n) is 7.25. The average Bonchev–Trinajstić information content (AvgIpc) is 3.09. The van der Waals surface area contributed by atoms with Crippen molar-refractivity contribution in [2.24, 2.45) is 10.3 Å². The summed E-state index contributed by atoms with van der Waals surface area (Å²) in [5.41, 5.74) is 0.989. The summed E-state index contributed by atoms with van der Waals surface area (Å²) >= 11 is 0. The maximum atomic E-state index is 13.9. The Morgan fingerprint density at radius 1 is 1.11 bits per heavy atom. The molecule has 1 amide bonds. The van der Waals surface area contributed by atoms with E-state index in [1.807, 2.05) is 0 Å². The molecule has 2 atom stereocenters. The lowest BCUT2D eigenvalue weighted by Crippen LogP contribution is -2.50. The summed E-state index contributed by atoms with van der Waals surface area (Å²) in [6, 6.07) is 9.71. The summed E-state index contributed by atoms with van der Waals surface area (Å²) in [5.74, 6) is -1.40. The molecule has 2 N–H and O–H groups in total. The first-order valence-corrected chi connectivity index (χ1v) is 15.7. The Morgan fingerprint density at radius 2 is 1.82 bits per heavy atom. The van der Waals surface area contributed by atoms with Gasteiger partial charge in [0.2, 0.25) is 10.0 Å². The van der Waals surface area contributed by atoms with Crippen LogP contribution in [0.4, 0.5) is 10.1 Å². The Hall–Kier alpha value is -3.25. The van der Waals surface area contributed by atoms with Gasteiger partial charge in [-0.25, -0.2) is 12.8 Å². The van der Waals surface area contributed by atoms with Gasteiger partial charge in [-0.1, -0.05) is 37.5 Å². The molecule has 12 heteroatoms. The number of halogens is 1. The van der Waals surface area contributed by atoms with Crippen LogP contribution in [-0.4, -0.2) is 50.8 Å². The van der Waals surface area contributed by atoms with Crippen molar-refractivity contribution in [1.29, 1.82) is 0 Å². The number of hydrogen-bond acceptors (Lipinski definition) is 6. The van der Waals surface area contributed by atoms with Gasteiger partial charge in [0.25, 0.3) is 15.9 Å². The molecular weight excluding hydrogens is 533 g/mol. The zero-order valence-corrected chi connectivity index (χ0v) is 22.4. The lowest BCUT2D eigenvalue weighted by molar-refractivity contribution is -0.132. The largest absolute Gasteiger partial charge is 0.511 e. The van der Waals surface area contributed by atoms with Gasteiger partial charge >= 0.3 is 0 Å². The minimum absolute atomic E-state index is 0.0272. The van der Waals surface area contributed by atoms with E-state index in [1.54, 1.807) is 17.0 Å². The van der Waals surface area contributed by atoms with E-state index >= 15 is 0 Å². The second-order valence-electron chi connectivity index (χ2n) is 10.0. The molecule has 1 aliphatic carbocycles. The molecule has 0 bridgehead atoms. The highest BCUT2D eigenvalue weighted by Crippen LogP contribution is 2.40. The molecular formula is C26H28FN3O6S2.